The molecule has 0 aromatic heterocycles. The molecule has 0 radical (unpaired) electrons. The van der Waals surface area contributed by atoms with Crippen molar-refractivity contribution in [3.8, 4) is 0 Å². The van der Waals surface area contributed by atoms with Crippen LogP contribution >= 0.6 is 23.2 Å². The third-order valence-electron chi connectivity index (χ3n) is 1.65. The van der Waals surface area contributed by atoms with Crippen LogP contribution in [0.2, 0.25) is 5.02 Å². The van der Waals surface area contributed by atoms with Gasteiger partial charge in [0, 0.05) is 17.0 Å². The highest BCUT2D eigenvalue weighted by molar-refractivity contribution is 6.32. The van der Waals surface area contributed by atoms with Gasteiger partial charge in [0.25, 0.3) is 0 Å². The second kappa shape index (κ2) is 5.03. The number of benzene rings is 1. The van der Waals surface area contributed by atoms with Gasteiger partial charge in [-0.15, -0.1) is 11.6 Å². The number of carbonyl (C=O) groups excluding carboxylic acids is 1. The molecule has 2 nitrogen and oxygen atoms in total. The number of nitrogens with two attached hydrogens (primary N) is 1. The standard InChI is InChI=1S/C10H9Cl2NO/c11-6-8-5-7(1-3-9(8)12)2-4-10(13)14/h1-5H,6H2,(H2,13,14). The Morgan fingerprint density at radius 2 is 2.21 bits per heavy atom. The summed E-state index contributed by atoms with van der Waals surface area (Å²) in [5.74, 6) is -0.135. The van der Waals surface area contributed by atoms with Crippen molar-refractivity contribution < 1.29 is 4.79 Å². The van der Waals surface area contributed by atoms with E-state index in [4.69, 9.17) is 28.9 Å². The monoisotopic (exact) mass is 229 g/mol. The molecule has 74 valence electrons. The van der Waals surface area contributed by atoms with E-state index in [2.05, 4.69) is 0 Å². The van der Waals surface area contributed by atoms with Crippen LogP contribution in [0.3, 0.4) is 0 Å². The highest BCUT2D eigenvalue weighted by atomic mass is 35.5. The van der Waals surface area contributed by atoms with Crippen molar-refractivity contribution in [3.63, 3.8) is 0 Å². The van der Waals surface area contributed by atoms with Crippen LogP contribution in [-0.4, -0.2) is 5.91 Å². The first-order valence-electron chi connectivity index (χ1n) is 3.95. The molecule has 0 saturated carbocycles. The van der Waals surface area contributed by atoms with Crippen LogP contribution in [0.1, 0.15) is 11.1 Å². The smallest absolute Gasteiger partial charge is 0.241 e. The fraction of sp³-hybridized carbons (Fsp3) is 0.100. The molecule has 1 amide bonds. The van der Waals surface area contributed by atoms with Gasteiger partial charge in [0.2, 0.25) is 5.91 Å². The van der Waals surface area contributed by atoms with E-state index in [1.165, 1.54) is 6.08 Å². The molecule has 1 aromatic carbocycles. The zero-order valence-corrected chi connectivity index (χ0v) is 8.85. The quantitative estimate of drug-likeness (QED) is 0.629. The van der Waals surface area contributed by atoms with Gasteiger partial charge in [-0.3, -0.25) is 4.79 Å². The predicted octanol–water partition coefficient (Wildman–Crippen LogP) is 2.58. The van der Waals surface area contributed by atoms with E-state index in [1.807, 2.05) is 6.07 Å². The highest BCUT2D eigenvalue weighted by Crippen LogP contribution is 2.19. The number of hydrogen-bond acceptors (Lipinski definition) is 1. The Labute approximate surface area is 92.3 Å². The number of rotatable bonds is 3. The summed E-state index contributed by atoms with van der Waals surface area (Å²) < 4.78 is 0. The number of alkyl halides is 1. The molecular formula is C10H9Cl2NO. The maximum atomic E-state index is 10.5. The Bertz CT molecular complexity index is 374. The van der Waals surface area contributed by atoms with E-state index in [0.29, 0.717) is 10.9 Å². The summed E-state index contributed by atoms with van der Waals surface area (Å²) in [6, 6.07) is 5.34. The average molecular weight is 230 g/mol. The SMILES string of the molecule is NC(=O)C=Cc1ccc(Cl)c(CCl)c1. The van der Waals surface area contributed by atoms with E-state index < -0.39 is 5.91 Å². The minimum atomic E-state index is -0.479. The molecule has 0 atom stereocenters. The Balaban J connectivity index is 2.95. The third kappa shape index (κ3) is 3.05. The highest BCUT2D eigenvalue weighted by Gasteiger charge is 1.98. The minimum absolute atomic E-state index is 0.344. The van der Waals surface area contributed by atoms with E-state index in [1.54, 1.807) is 18.2 Å². The first kappa shape index (κ1) is 11.1. The molecule has 0 unspecified atom stereocenters. The molecule has 0 spiro atoms. The second-order valence-electron chi connectivity index (χ2n) is 2.72. The van der Waals surface area contributed by atoms with Gasteiger partial charge >= 0.3 is 0 Å². The molecule has 0 saturated heterocycles. The number of halogens is 2. The first-order valence-corrected chi connectivity index (χ1v) is 4.86. The van der Waals surface area contributed by atoms with Gasteiger partial charge in [0.15, 0.2) is 0 Å². The summed E-state index contributed by atoms with van der Waals surface area (Å²) in [5.41, 5.74) is 6.65. The van der Waals surface area contributed by atoms with Gasteiger partial charge in [-0.1, -0.05) is 17.7 Å². The lowest BCUT2D eigenvalue weighted by Gasteiger charge is -2.00. The molecule has 1 rings (SSSR count). The normalized spacial score (nSPS) is 10.7. The maximum Gasteiger partial charge on any atom is 0.241 e. The maximum absolute atomic E-state index is 10.5. The summed E-state index contributed by atoms with van der Waals surface area (Å²) in [6.45, 7) is 0. The van der Waals surface area contributed by atoms with Gasteiger partial charge in [-0.2, -0.15) is 0 Å². The van der Waals surface area contributed by atoms with Crippen molar-refractivity contribution in [1.29, 1.82) is 0 Å². The van der Waals surface area contributed by atoms with Crippen LogP contribution < -0.4 is 5.73 Å². The van der Waals surface area contributed by atoms with Crippen LogP contribution in [0.4, 0.5) is 0 Å². The van der Waals surface area contributed by atoms with E-state index in [0.717, 1.165) is 11.1 Å². The van der Waals surface area contributed by atoms with Gasteiger partial charge in [-0.25, -0.2) is 0 Å². The van der Waals surface area contributed by atoms with Gasteiger partial charge in [-0.05, 0) is 29.3 Å². The van der Waals surface area contributed by atoms with Gasteiger partial charge in [0.05, 0.1) is 0 Å². The number of hydrogen-bond donors (Lipinski definition) is 1. The van der Waals surface area contributed by atoms with Crippen molar-refractivity contribution in [2.45, 2.75) is 5.88 Å². The molecule has 4 heteroatoms. The Hall–Kier alpha value is -0.990. The van der Waals surface area contributed by atoms with Crippen LogP contribution in [0.5, 0.6) is 0 Å². The number of primary amides is 1. The fourth-order valence-electron chi connectivity index (χ4n) is 0.979. The van der Waals surface area contributed by atoms with E-state index >= 15 is 0 Å². The third-order valence-corrected chi connectivity index (χ3v) is 2.31. The minimum Gasteiger partial charge on any atom is -0.366 e. The fourth-order valence-corrected chi connectivity index (χ4v) is 1.45. The van der Waals surface area contributed by atoms with Crippen molar-refractivity contribution in [2.24, 2.45) is 5.73 Å². The van der Waals surface area contributed by atoms with Crippen molar-refractivity contribution >= 4 is 35.2 Å². The summed E-state index contributed by atoms with van der Waals surface area (Å²) >= 11 is 11.5. The number of amides is 1. The Morgan fingerprint density at radius 1 is 1.50 bits per heavy atom. The summed E-state index contributed by atoms with van der Waals surface area (Å²) in [5, 5.41) is 0.622. The van der Waals surface area contributed by atoms with E-state index in [-0.39, 0.29) is 0 Å². The molecule has 0 aliphatic rings. The molecule has 0 aliphatic carbocycles. The van der Waals surface area contributed by atoms with Crippen molar-refractivity contribution in [3.05, 3.63) is 40.4 Å². The lowest BCUT2D eigenvalue weighted by molar-refractivity contribution is -0.113. The van der Waals surface area contributed by atoms with Crippen LogP contribution in [0, 0.1) is 0 Å². The van der Waals surface area contributed by atoms with Crippen molar-refractivity contribution in [1.82, 2.24) is 0 Å². The molecule has 0 bridgehead atoms. The zero-order chi connectivity index (χ0) is 10.6. The zero-order valence-electron chi connectivity index (χ0n) is 7.34. The molecule has 14 heavy (non-hydrogen) atoms. The predicted molar refractivity (Wildman–Crippen MR) is 59.2 cm³/mol. The molecule has 2 N–H and O–H groups in total. The molecular weight excluding hydrogens is 221 g/mol. The molecule has 0 fully saturated rings. The molecule has 0 aliphatic heterocycles. The second-order valence-corrected chi connectivity index (χ2v) is 3.39. The number of carbonyl (C=O) groups is 1. The van der Waals surface area contributed by atoms with Crippen LogP contribution in [0.25, 0.3) is 6.08 Å². The average Bonchev–Trinajstić information content (AvgIpc) is 2.16. The summed E-state index contributed by atoms with van der Waals surface area (Å²) in [4.78, 5) is 10.5. The summed E-state index contributed by atoms with van der Waals surface area (Å²) in [7, 11) is 0. The van der Waals surface area contributed by atoms with Crippen LogP contribution in [-0.2, 0) is 10.7 Å². The van der Waals surface area contributed by atoms with Gasteiger partial charge < -0.3 is 5.73 Å². The Kier molecular flexibility index (Phi) is 3.98. The first-order chi connectivity index (χ1) is 6.63. The molecule has 1 aromatic rings. The lowest BCUT2D eigenvalue weighted by Crippen LogP contribution is -2.05. The Morgan fingerprint density at radius 3 is 2.79 bits per heavy atom. The lowest BCUT2D eigenvalue weighted by atomic mass is 10.1. The van der Waals surface area contributed by atoms with E-state index in [9.17, 15) is 4.79 Å². The molecule has 0 heterocycles. The van der Waals surface area contributed by atoms with Crippen LogP contribution in [0.15, 0.2) is 24.3 Å². The topological polar surface area (TPSA) is 43.1 Å². The largest absolute Gasteiger partial charge is 0.366 e. The van der Waals surface area contributed by atoms with Gasteiger partial charge in [0.1, 0.15) is 0 Å². The van der Waals surface area contributed by atoms with Crippen molar-refractivity contribution in [2.75, 3.05) is 0 Å². The summed E-state index contributed by atoms with van der Waals surface area (Å²) in [6.07, 6.45) is 2.91.